The Labute approximate surface area is 496 Å². The molecule has 3 atom stereocenters. The van der Waals surface area contributed by atoms with Crippen molar-refractivity contribution < 1.29 is 32.9 Å². The quantitative estimate of drug-likeness (QED) is 0.181. The first kappa shape index (κ1) is 77.4. The summed E-state index contributed by atoms with van der Waals surface area (Å²) in [6.07, 6.45) is 32.3. The molecule has 7 heteroatoms. The van der Waals surface area contributed by atoms with E-state index < -0.39 is 11.8 Å². The van der Waals surface area contributed by atoms with E-state index in [9.17, 15) is 27.8 Å². The van der Waals surface area contributed by atoms with Crippen LogP contribution < -0.4 is 0 Å². The molecule has 0 aromatic rings. The monoisotopic (exact) mass is 1140 g/mol. The highest BCUT2D eigenvalue weighted by Gasteiger charge is 2.51. The lowest BCUT2D eigenvalue weighted by atomic mass is 9.66. The second-order valence-corrected chi connectivity index (χ2v) is 35.9. The summed E-state index contributed by atoms with van der Waals surface area (Å²) in [5.41, 5.74) is 3.30. The van der Waals surface area contributed by atoms with Crippen LogP contribution in [0.3, 0.4) is 0 Å². The van der Waals surface area contributed by atoms with Gasteiger partial charge in [0.1, 0.15) is 0 Å². The predicted molar refractivity (Wildman–Crippen MR) is 341 cm³/mol. The largest absolute Gasteiger partial charge is 0.396 e. The molecule has 80 heavy (non-hydrogen) atoms. The fraction of sp³-hybridized carbons (Fsp3) is 0.973. The van der Waals surface area contributed by atoms with Gasteiger partial charge in [-0.25, -0.2) is 17.6 Å². The van der Waals surface area contributed by atoms with Crippen molar-refractivity contribution in [1.82, 2.24) is 0 Å². The first-order valence-corrected chi connectivity index (χ1v) is 33.3. The molecule has 8 aliphatic carbocycles. The summed E-state index contributed by atoms with van der Waals surface area (Å²) in [5.74, 6) is 0.299. The van der Waals surface area contributed by atoms with Gasteiger partial charge >= 0.3 is 0 Å². The van der Waals surface area contributed by atoms with E-state index >= 15 is 0 Å². The average Bonchev–Trinajstić information content (AvgIpc) is 4.24. The highest BCUT2D eigenvalue weighted by Crippen LogP contribution is 2.58. The van der Waals surface area contributed by atoms with Crippen molar-refractivity contribution in [3.05, 3.63) is 12.2 Å². The molecule has 0 spiro atoms. The summed E-state index contributed by atoms with van der Waals surface area (Å²) in [6, 6.07) is 0. The number of alkyl halides is 4. The zero-order valence-corrected chi connectivity index (χ0v) is 57.8. The fourth-order valence-electron chi connectivity index (χ4n) is 13.0. The Morgan fingerprint density at radius 2 is 0.725 bits per heavy atom. The first-order valence-electron chi connectivity index (χ1n) is 33.3. The van der Waals surface area contributed by atoms with Gasteiger partial charge in [-0.1, -0.05) is 210 Å². The van der Waals surface area contributed by atoms with E-state index in [0.29, 0.717) is 63.8 Å². The summed E-state index contributed by atoms with van der Waals surface area (Å²) in [5, 5.41) is 28.0. The molecule has 478 valence electrons. The van der Waals surface area contributed by atoms with Crippen LogP contribution in [0.25, 0.3) is 0 Å². The van der Waals surface area contributed by atoms with Crippen LogP contribution in [-0.4, -0.2) is 46.0 Å². The van der Waals surface area contributed by atoms with Crippen molar-refractivity contribution in [3.8, 4) is 0 Å². The van der Waals surface area contributed by atoms with Crippen LogP contribution >= 0.6 is 0 Å². The summed E-state index contributed by atoms with van der Waals surface area (Å²) in [4.78, 5) is 0. The van der Waals surface area contributed by atoms with E-state index in [2.05, 4.69) is 158 Å². The van der Waals surface area contributed by atoms with Crippen molar-refractivity contribution in [3.63, 3.8) is 0 Å². The summed E-state index contributed by atoms with van der Waals surface area (Å²) in [7, 11) is 0. The maximum absolute atomic E-state index is 12.8. The molecule has 3 unspecified atom stereocenters. The molecule has 0 radical (unpaired) electrons. The van der Waals surface area contributed by atoms with Gasteiger partial charge in [0.05, 0.1) is 12.2 Å². The summed E-state index contributed by atoms with van der Waals surface area (Å²) in [6.45, 7) is 54.2. The van der Waals surface area contributed by atoms with E-state index in [0.717, 1.165) is 42.9 Å². The molecular formula is C73H140F4O3. The van der Waals surface area contributed by atoms with Crippen LogP contribution in [0, 0.1) is 90.2 Å². The molecule has 7 fully saturated rings. The molecule has 0 aromatic carbocycles. The van der Waals surface area contributed by atoms with Crippen molar-refractivity contribution in [2.75, 3.05) is 6.61 Å². The van der Waals surface area contributed by atoms with Gasteiger partial charge in [0.15, 0.2) is 0 Å². The summed E-state index contributed by atoms with van der Waals surface area (Å²) < 4.78 is 50.2. The van der Waals surface area contributed by atoms with Gasteiger partial charge in [-0.15, -0.1) is 0 Å². The minimum absolute atomic E-state index is 0.00593. The predicted octanol–water partition coefficient (Wildman–Crippen LogP) is 23.4. The van der Waals surface area contributed by atoms with E-state index in [1.54, 1.807) is 0 Å². The van der Waals surface area contributed by atoms with Gasteiger partial charge in [-0.05, 0) is 199 Å². The van der Waals surface area contributed by atoms with E-state index in [1.807, 2.05) is 20.8 Å². The fourth-order valence-corrected chi connectivity index (χ4v) is 13.0. The SMILES string of the molecule is CC(C)(C)C1(CO)CC1.CC(C)(C)C1CC(F)(F)C1.CC(C)(C)C1CC1.CC(C)(C)C1CC=CCC1.CC(C)(C)C1CCC(F)(F)CC1.CC(C)(C)C1CCC(O)CC1.CC(C)(C)C1CCCCC1.CC(C)(C)C1CCCCC1O. The molecule has 8 aliphatic rings. The van der Waals surface area contributed by atoms with E-state index in [1.165, 1.54) is 109 Å². The molecule has 0 aromatic heterocycles. The van der Waals surface area contributed by atoms with E-state index in [-0.39, 0.29) is 60.1 Å². The topological polar surface area (TPSA) is 60.7 Å². The third-order valence-corrected chi connectivity index (χ3v) is 20.9. The van der Waals surface area contributed by atoms with Gasteiger partial charge in [0.25, 0.3) is 0 Å². The standard InChI is InChI=1S/C10H18F2.2C10H20O.C10H20.C10H18.C8H14F2.C8H16O.C7H14/c1-9(2,3)8-4-6-10(11,12)7-5-8;1-10(2,3)8-4-6-9(11)7-5-8;1-10(2,3)8-6-4-5-7-9(8)11;2*1-10(2,3)9-7-5-4-6-8-9;1-7(2,3)6-4-8(9,10)5-6;1-7(2,3)8(6-9)4-5-8;1-7(2,3)6-4-5-6/h8H,4-7H2,1-3H3;2*8-9,11H,4-7H2,1-3H3;9H,4-8H2,1-3H3;4-5,9H,6-8H2,1-3H3;6H,4-5H2,1-3H3;9H,4-6H2,1-3H3;6H,4-5H2,1-3H3. The number of allylic oxidation sites excluding steroid dienone is 2. The number of aliphatic hydroxyl groups excluding tert-OH is 3. The Morgan fingerprint density at radius 1 is 0.362 bits per heavy atom. The minimum atomic E-state index is -2.37. The number of aliphatic hydroxyl groups is 3. The number of rotatable bonds is 1. The highest BCUT2D eigenvalue weighted by atomic mass is 19.3. The average molecular weight is 1140 g/mol. The third kappa shape index (κ3) is 31.1. The van der Waals surface area contributed by atoms with Crippen molar-refractivity contribution in [2.24, 2.45) is 90.2 Å². The lowest BCUT2D eigenvalue weighted by Gasteiger charge is -2.43. The molecule has 0 bridgehead atoms. The number of hydrogen-bond acceptors (Lipinski definition) is 3. The van der Waals surface area contributed by atoms with Crippen LogP contribution in [0.2, 0.25) is 0 Å². The maximum atomic E-state index is 12.8. The zero-order chi connectivity index (χ0) is 62.2. The Kier molecular flexibility index (Phi) is 30.8. The van der Waals surface area contributed by atoms with Gasteiger partial charge < -0.3 is 15.3 Å². The smallest absolute Gasteiger partial charge is 0.248 e. The number of hydrogen-bond donors (Lipinski definition) is 3. The molecule has 3 N–H and O–H groups in total. The molecule has 7 saturated carbocycles. The lowest BCUT2D eigenvalue weighted by molar-refractivity contribution is -0.138. The van der Waals surface area contributed by atoms with Crippen molar-refractivity contribution in [2.45, 2.75) is 357 Å². The molecule has 3 nitrogen and oxygen atoms in total. The van der Waals surface area contributed by atoms with Crippen LogP contribution in [0.1, 0.15) is 333 Å². The zero-order valence-electron chi connectivity index (χ0n) is 57.8. The van der Waals surface area contributed by atoms with Gasteiger partial charge in [-0.3, -0.25) is 0 Å². The minimum Gasteiger partial charge on any atom is -0.396 e. The molecule has 0 saturated heterocycles. The second kappa shape index (κ2) is 31.8. The van der Waals surface area contributed by atoms with Crippen LogP contribution in [0.15, 0.2) is 12.2 Å². The number of halogens is 4. The second-order valence-electron chi connectivity index (χ2n) is 35.9. The highest BCUT2D eigenvalue weighted by molar-refractivity contribution is 5.01. The molecule has 8 rings (SSSR count). The van der Waals surface area contributed by atoms with Crippen LogP contribution in [0.5, 0.6) is 0 Å². The van der Waals surface area contributed by atoms with Crippen LogP contribution in [-0.2, 0) is 0 Å². The lowest BCUT2D eigenvalue weighted by Crippen LogP contribution is -2.42. The Hall–Kier alpha value is -0.660. The first-order chi connectivity index (χ1) is 36.0. The Bertz CT molecular complexity index is 1650. The van der Waals surface area contributed by atoms with Gasteiger partial charge in [0, 0.05) is 32.3 Å². The Morgan fingerprint density at radius 3 is 0.963 bits per heavy atom. The molecule has 0 amide bonds. The summed E-state index contributed by atoms with van der Waals surface area (Å²) >= 11 is 0. The normalized spacial score (nSPS) is 27.4. The van der Waals surface area contributed by atoms with E-state index in [4.69, 9.17) is 5.11 Å². The molecule has 0 aliphatic heterocycles. The third-order valence-electron chi connectivity index (χ3n) is 20.9. The van der Waals surface area contributed by atoms with Crippen LogP contribution in [0.4, 0.5) is 17.6 Å². The van der Waals surface area contributed by atoms with Crippen molar-refractivity contribution in [1.29, 1.82) is 0 Å². The van der Waals surface area contributed by atoms with Gasteiger partial charge in [0.2, 0.25) is 11.8 Å². The molecule has 0 heterocycles. The maximum Gasteiger partial charge on any atom is 0.248 e. The van der Waals surface area contributed by atoms with Crippen molar-refractivity contribution >= 4 is 0 Å². The van der Waals surface area contributed by atoms with Gasteiger partial charge in [-0.2, -0.15) is 0 Å². The Balaban J connectivity index is 0.000000459. The molecular weight excluding hydrogens is 1000 g/mol.